The fraction of sp³-hybridized carbons (Fsp3) is 0.400. The van der Waals surface area contributed by atoms with E-state index in [-0.39, 0.29) is 18.5 Å². The van der Waals surface area contributed by atoms with Gasteiger partial charge in [-0.2, -0.15) is 13.2 Å². The average molecular weight is 554 g/mol. The smallest absolute Gasteiger partial charge is 0.381 e. The quantitative estimate of drug-likeness (QED) is 0.428. The highest BCUT2D eigenvalue weighted by molar-refractivity contribution is 5.95. The van der Waals surface area contributed by atoms with Crippen LogP contribution in [0.1, 0.15) is 40.0 Å². The average Bonchev–Trinajstić information content (AvgIpc) is 2.94. The highest BCUT2D eigenvalue weighted by atomic mass is 19.4. The number of pyridine rings is 1. The van der Waals surface area contributed by atoms with E-state index in [1.165, 1.54) is 6.07 Å². The number of piperazine rings is 1. The first-order valence-electron chi connectivity index (χ1n) is 13.5. The van der Waals surface area contributed by atoms with Gasteiger partial charge in [-0.05, 0) is 47.4 Å². The molecule has 0 aliphatic carbocycles. The number of halogens is 3. The maximum Gasteiger partial charge on any atom is 0.416 e. The van der Waals surface area contributed by atoms with Crippen LogP contribution in [0.3, 0.4) is 0 Å². The van der Waals surface area contributed by atoms with Gasteiger partial charge >= 0.3 is 6.18 Å². The number of hydrogen-bond acceptors (Lipinski definition) is 6. The van der Waals surface area contributed by atoms with Crippen molar-refractivity contribution in [2.75, 3.05) is 50.8 Å². The van der Waals surface area contributed by atoms with Gasteiger partial charge in [0.15, 0.2) is 0 Å². The summed E-state index contributed by atoms with van der Waals surface area (Å²) in [6.45, 7) is 8.46. The van der Waals surface area contributed by atoms with Crippen molar-refractivity contribution in [3.63, 3.8) is 0 Å². The highest BCUT2D eigenvalue weighted by Gasteiger charge is 2.31. The molecule has 2 aliphatic heterocycles. The summed E-state index contributed by atoms with van der Waals surface area (Å²) in [5.74, 6) is 0.403. The zero-order valence-corrected chi connectivity index (χ0v) is 22.5. The van der Waals surface area contributed by atoms with Crippen molar-refractivity contribution >= 4 is 11.6 Å². The van der Waals surface area contributed by atoms with Gasteiger partial charge in [-0.1, -0.05) is 30.3 Å². The number of anilines is 1. The van der Waals surface area contributed by atoms with Crippen molar-refractivity contribution in [1.29, 1.82) is 0 Å². The van der Waals surface area contributed by atoms with E-state index in [1.807, 2.05) is 25.1 Å². The number of nitrogens with one attached hydrogen (secondary N) is 1. The fourth-order valence-electron chi connectivity index (χ4n) is 5.18. The Hall–Kier alpha value is -3.47. The standard InChI is InChI=1S/C30H34F3N5O2/c1-20(22-2-4-23(5-3-22)28-13-26(30(31,32)33)7-6-24(28)14-34)36-29(39)25-12-27(16-35-15-25)38-10-8-37(9-11-38)17-21-18-40-19-21/h2-7,12-13,15-16,20-21H,8-11,14,17-19,34H2,1H3,(H,36,39)/t20-/m1/s1. The van der Waals surface area contributed by atoms with Crippen LogP contribution in [0, 0.1) is 5.92 Å². The molecule has 0 saturated carbocycles. The van der Waals surface area contributed by atoms with E-state index in [4.69, 9.17) is 10.5 Å². The molecule has 40 heavy (non-hydrogen) atoms. The van der Waals surface area contributed by atoms with Crippen LogP contribution in [0.4, 0.5) is 18.9 Å². The number of alkyl halides is 3. The van der Waals surface area contributed by atoms with E-state index in [9.17, 15) is 18.0 Å². The van der Waals surface area contributed by atoms with Gasteiger partial charge in [0.1, 0.15) is 0 Å². The summed E-state index contributed by atoms with van der Waals surface area (Å²) in [5.41, 5.74) is 9.00. The molecule has 3 heterocycles. The highest BCUT2D eigenvalue weighted by Crippen LogP contribution is 2.34. The fourth-order valence-corrected chi connectivity index (χ4v) is 5.18. The Morgan fingerprint density at radius 1 is 1.07 bits per heavy atom. The Bertz CT molecular complexity index is 1320. The lowest BCUT2D eigenvalue weighted by Gasteiger charge is -2.39. The van der Waals surface area contributed by atoms with Gasteiger partial charge in [-0.25, -0.2) is 0 Å². The van der Waals surface area contributed by atoms with Crippen LogP contribution < -0.4 is 16.0 Å². The van der Waals surface area contributed by atoms with Crippen molar-refractivity contribution in [3.8, 4) is 11.1 Å². The monoisotopic (exact) mass is 553 g/mol. The third-order valence-electron chi connectivity index (χ3n) is 7.67. The molecular formula is C30H34F3N5O2. The molecule has 10 heteroatoms. The van der Waals surface area contributed by atoms with Gasteiger partial charge in [-0.3, -0.25) is 14.7 Å². The largest absolute Gasteiger partial charge is 0.416 e. The Balaban J connectivity index is 1.21. The number of hydrogen-bond donors (Lipinski definition) is 2. The first-order chi connectivity index (χ1) is 19.2. The molecule has 0 radical (unpaired) electrons. The van der Waals surface area contributed by atoms with Crippen LogP contribution in [0.25, 0.3) is 11.1 Å². The number of nitrogens with two attached hydrogens (primary N) is 1. The lowest BCUT2D eigenvalue weighted by Crippen LogP contribution is -2.50. The predicted octanol–water partition coefficient (Wildman–Crippen LogP) is 4.49. The summed E-state index contributed by atoms with van der Waals surface area (Å²) in [4.78, 5) is 22.1. The third kappa shape index (κ3) is 6.46. The van der Waals surface area contributed by atoms with Crippen LogP contribution in [-0.4, -0.2) is 61.7 Å². The van der Waals surface area contributed by atoms with Gasteiger partial charge in [0, 0.05) is 51.4 Å². The third-order valence-corrected chi connectivity index (χ3v) is 7.67. The molecule has 3 N–H and O–H groups in total. The predicted molar refractivity (Wildman–Crippen MR) is 148 cm³/mol. The van der Waals surface area contributed by atoms with Crippen LogP contribution in [0.2, 0.25) is 0 Å². The zero-order chi connectivity index (χ0) is 28.3. The van der Waals surface area contributed by atoms with Crippen LogP contribution >= 0.6 is 0 Å². The first-order valence-corrected chi connectivity index (χ1v) is 13.5. The van der Waals surface area contributed by atoms with Gasteiger partial charge in [0.25, 0.3) is 5.91 Å². The Morgan fingerprint density at radius 2 is 1.80 bits per heavy atom. The summed E-state index contributed by atoms with van der Waals surface area (Å²) in [5, 5.41) is 3.01. The SMILES string of the molecule is C[C@@H](NC(=O)c1cncc(N2CCN(CC3COC3)CC2)c1)c1ccc(-c2cc(C(F)(F)F)ccc2CN)cc1. The molecule has 0 unspecified atom stereocenters. The molecule has 2 saturated heterocycles. The molecule has 1 atom stereocenters. The molecule has 3 aromatic rings. The van der Waals surface area contributed by atoms with E-state index in [0.29, 0.717) is 28.2 Å². The Labute approximate surface area is 232 Å². The van der Waals surface area contributed by atoms with Crippen molar-refractivity contribution < 1.29 is 22.7 Å². The lowest BCUT2D eigenvalue weighted by atomic mass is 9.95. The van der Waals surface area contributed by atoms with Crippen molar-refractivity contribution in [2.24, 2.45) is 11.7 Å². The molecule has 2 aliphatic rings. The van der Waals surface area contributed by atoms with Crippen molar-refractivity contribution in [1.82, 2.24) is 15.2 Å². The van der Waals surface area contributed by atoms with Gasteiger partial charge in [0.2, 0.25) is 0 Å². The van der Waals surface area contributed by atoms with Crippen LogP contribution in [0.15, 0.2) is 60.9 Å². The van der Waals surface area contributed by atoms with Gasteiger partial charge in [-0.15, -0.1) is 0 Å². The number of carbonyl (C=O) groups is 1. The number of amides is 1. The number of benzene rings is 2. The summed E-state index contributed by atoms with van der Waals surface area (Å²) in [6.07, 6.45) is -1.09. The van der Waals surface area contributed by atoms with Crippen molar-refractivity contribution in [3.05, 3.63) is 83.2 Å². The zero-order valence-electron chi connectivity index (χ0n) is 22.5. The second-order valence-corrected chi connectivity index (χ2v) is 10.5. The van der Waals surface area contributed by atoms with Crippen LogP contribution in [0.5, 0.6) is 0 Å². The number of rotatable bonds is 8. The van der Waals surface area contributed by atoms with Gasteiger partial charge in [0.05, 0.1) is 42.3 Å². The normalized spacial score (nSPS) is 17.4. The van der Waals surface area contributed by atoms with Crippen molar-refractivity contribution in [2.45, 2.75) is 25.7 Å². The Kier molecular flexibility index (Phi) is 8.39. The molecule has 7 nitrogen and oxygen atoms in total. The van der Waals surface area contributed by atoms with E-state index in [2.05, 4.69) is 20.1 Å². The number of aromatic nitrogens is 1. The summed E-state index contributed by atoms with van der Waals surface area (Å²) >= 11 is 0. The minimum absolute atomic E-state index is 0.125. The molecule has 0 bridgehead atoms. The summed E-state index contributed by atoms with van der Waals surface area (Å²) < 4.78 is 45.1. The molecule has 0 spiro atoms. The Morgan fingerprint density at radius 3 is 2.42 bits per heavy atom. The summed E-state index contributed by atoms with van der Waals surface area (Å²) in [6, 6.07) is 12.3. The van der Waals surface area contributed by atoms with Gasteiger partial charge < -0.3 is 20.7 Å². The topological polar surface area (TPSA) is 83.7 Å². The molecule has 2 aromatic carbocycles. The number of ether oxygens (including phenoxy) is 1. The minimum atomic E-state index is -4.44. The first kappa shape index (κ1) is 28.1. The molecule has 1 amide bonds. The van der Waals surface area contributed by atoms with Crippen LogP contribution in [-0.2, 0) is 17.5 Å². The summed E-state index contributed by atoms with van der Waals surface area (Å²) in [7, 11) is 0. The molecule has 5 rings (SSSR count). The molecule has 1 aromatic heterocycles. The molecule has 2 fully saturated rings. The molecule has 212 valence electrons. The van der Waals surface area contributed by atoms with E-state index in [1.54, 1.807) is 24.5 Å². The maximum atomic E-state index is 13.3. The van der Waals surface area contributed by atoms with E-state index >= 15 is 0 Å². The lowest BCUT2D eigenvalue weighted by molar-refractivity contribution is -0.137. The molecular weight excluding hydrogens is 519 g/mol. The second-order valence-electron chi connectivity index (χ2n) is 10.5. The van der Waals surface area contributed by atoms with E-state index in [0.717, 1.165) is 69.3 Å². The number of nitrogens with zero attached hydrogens (tertiary/aromatic N) is 3. The number of carbonyl (C=O) groups excluding carboxylic acids is 1. The second kappa shape index (κ2) is 12.0. The van der Waals surface area contributed by atoms with E-state index < -0.39 is 11.7 Å². The maximum absolute atomic E-state index is 13.3. The minimum Gasteiger partial charge on any atom is -0.381 e.